The number of halogens is 1. The standard InChI is InChI=1S/C11H13BrN2O2/c12-9-3-2-8(6-13-9)10(15)14-7-11(16)4-1-5-11/h2-3,6,16H,1,4-5,7H2,(H,14,15). The number of nitrogens with zero attached hydrogens (tertiary/aromatic N) is 1. The molecule has 5 heteroatoms. The Morgan fingerprint density at radius 3 is 2.81 bits per heavy atom. The van der Waals surface area contributed by atoms with E-state index < -0.39 is 5.60 Å². The molecular formula is C11H13BrN2O2. The fraction of sp³-hybridized carbons (Fsp3) is 0.455. The van der Waals surface area contributed by atoms with Crippen molar-refractivity contribution in [1.29, 1.82) is 0 Å². The number of rotatable bonds is 3. The molecule has 1 amide bonds. The number of carbonyl (C=O) groups is 1. The molecule has 0 radical (unpaired) electrons. The minimum absolute atomic E-state index is 0.194. The minimum Gasteiger partial charge on any atom is -0.388 e. The average Bonchev–Trinajstić information content (AvgIpc) is 2.24. The lowest BCUT2D eigenvalue weighted by Crippen LogP contribution is -2.47. The van der Waals surface area contributed by atoms with Crippen molar-refractivity contribution in [3.8, 4) is 0 Å². The fourth-order valence-corrected chi connectivity index (χ4v) is 1.85. The number of aliphatic hydroxyl groups is 1. The Morgan fingerprint density at radius 1 is 1.56 bits per heavy atom. The minimum atomic E-state index is -0.682. The Balaban J connectivity index is 1.90. The molecule has 1 aromatic rings. The predicted molar refractivity (Wildman–Crippen MR) is 63.1 cm³/mol. The molecule has 0 saturated heterocycles. The summed E-state index contributed by atoms with van der Waals surface area (Å²) in [7, 11) is 0. The van der Waals surface area contributed by atoms with Gasteiger partial charge in [-0.1, -0.05) is 0 Å². The second-order valence-corrected chi connectivity index (χ2v) is 4.94. The summed E-state index contributed by atoms with van der Waals surface area (Å²) in [6.07, 6.45) is 4.08. The number of pyridine rings is 1. The molecule has 2 N–H and O–H groups in total. The zero-order valence-electron chi connectivity index (χ0n) is 8.74. The number of carbonyl (C=O) groups excluding carboxylic acids is 1. The van der Waals surface area contributed by atoms with Crippen molar-refractivity contribution in [2.45, 2.75) is 24.9 Å². The van der Waals surface area contributed by atoms with Crippen molar-refractivity contribution in [3.05, 3.63) is 28.5 Å². The lowest BCUT2D eigenvalue weighted by molar-refractivity contribution is -0.0300. The third-order valence-corrected chi connectivity index (χ3v) is 3.32. The molecule has 1 fully saturated rings. The Bertz CT molecular complexity index is 387. The maximum atomic E-state index is 11.7. The molecule has 0 atom stereocenters. The van der Waals surface area contributed by atoms with Crippen molar-refractivity contribution in [3.63, 3.8) is 0 Å². The van der Waals surface area contributed by atoms with Crippen LogP contribution in [0.1, 0.15) is 29.6 Å². The van der Waals surface area contributed by atoms with E-state index in [4.69, 9.17) is 0 Å². The van der Waals surface area contributed by atoms with Gasteiger partial charge in [-0.05, 0) is 47.3 Å². The average molecular weight is 285 g/mol. The zero-order valence-corrected chi connectivity index (χ0v) is 10.3. The number of hydrogen-bond acceptors (Lipinski definition) is 3. The van der Waals surface area contributed by atoms with Gasteiger partial charge in [0.1, 0.15) is 4.60 Å². The molecule has 0 spiro atoms. The normalized spacial score (nSPS) is 17.6. The van der Waals surface area contributed by atoms with Crippen LogP contribution in [0.25, 0.3) is 0 Å². The van der Waals surface area contributed by atoms with E-state index in [1.165, 1.54) is 6.20 Å². The highest BCUT2D eigenvalue weighted by atomic mass is 79.9. The van der Waals surface area contributed by atoms with Gasteiger partial charge in [-0.2, -0.15) is 0 Å². The Labute approximate surface area is 102 Å². The van der Waals surface area contributed by atoms with Gasteiger partial charge in [0.05, 0.1) is 11.2 Å². The molecule has 1 aromatic heterocycles. The molecule has 0 unspecified atom stereocenters. The van der Waals surface area contributed by atoms with Crippen LogP contribution in [0, 0.1) is 0 Å². The molecule has 1 saturated carbocycles. The molecule has 16 heavy (non-hydrogen) atoms. The maximum Gasteiger partial charge on any atom is 0.252 e. The van der Waals surface area contributed by atoms with E-state index >= 15 is 0 Å². The van der Waals surface area contributed by atoms with Crippen LogP contribution < -0.4 is 5.32 Å². The zero-order chi connectivity index (χ0) is 11.6. The summed E-state index contributed by atoms with van der Waals surface area (Å²) in [5.41, 5.74) is -0.176. The number of hydrogen-bond donors (Lipinski definition) is 2. The second kappa shape index (κ2) is 4.51. The highest BCUT2D eigenvalue weighted by molar-refractivity contribution is 9.10. The first-order chi connectivity index (χ1) is 7.59. The molecule has 86 valence electrons. The van der Waals surface area contributed by atoms with Crippen LogP contribution in [0.4, 0.5) is 0 Å². The molecule has 0 aliphatic heterocycles. The van der Waals surface area contributed by atoms with E-state index in [0.29, 0.717) is 16.7 Å². The number of amides is 1. The van der Waals surface area contributed by atoms with Crippen molar-refractivity contribution < 1.29 is 9.90 Å². The van der Waals surface area contributed by atoms with Gasteiger partial charge in [0.25, 0.3) is 5.91 Å². The lowest BCUT2D eigenvalue weighted by atomic mass is 9.80. The van der Waals surface area contributed by atoms with E-state index in [2.05, 4.69) is 26.2 Å². The third kappa shape index (κ3) is 2.59. The number of nitrogens with one attached hydrogen (secondary N) is 1. The van der Waals surface area contributed by atoms with Crippen molar-refractivity contribution >= 4 is 21.8 Å². The van der Waals surface area contributed by atoms with E-state index in [1.807, 2.05) is 0 Å². The molecule has 1 aliphatic carbocycles. The van der Waals surface area contributed by atoms with Gasteiger partial charge in [0.2, 0.25) is 0 Å². The van der Waals surface area contributed by atoms with Crippen LogP contribution in [0.3, 0.4) is 0 Å². The lowest BCUT2D eigenvalue weighted by Gasteiger charge is -2.36. The van der Waals surface area contributed by atoms with Gasteiger partial charge in [0.15, 0.2) is 0 Å². The Hall–Kier alpha value is -0.940. The van der Waals surface area contributed by atoms with E-state index in [9.17, 15) is 9.90 Å². The molecule has 0 aromatic carbocycles. The summed E-state index contributed by atoms with van der Waals surface area (Å²) in [4.78, 5) is 15.6. The van der Waals surface area contributed by atoms with Crippen LogP contribution in [-0.4, -0.2) is 28.1 Å². The van der Waals surface area contributed by atoms with E-state index in [1.54, 1.807) is 12.1 Å². The van der Waals surface area contributed by atoms with E-state index in [0.717, 1.165) is 19.3 Å². The summed E-state index contributed by atoms with van der Waals surface area (Å²) in [6.45, 7) is 0.321. The molecule has 2 rings (SSSR count). The SMILES string of the molecule is O=C(NCC1(O)CCC1)c1ccc(Br)nc1. The largest absolute Gasteiger partial charge is 0.388 e. The van der Waals surface area contributed by atoms with Crippen LogP contribution in [-0.2, 0) is 0 Å². The summed E-state index contributed by atoms with van der Waals surface area (Å²) in [6, 6.07) is 3.41. The highest BCUT2D eigenvalue weighted by Gasteiger charge is 2.34. The maximum absolute atomic E-state index is 11.7. The van der Waals surface area contributed by atoms with Crippen LogP contribution in [0.2, 0.25) is 0 Å². The van der Waals surface area contributed by atoms with Crippen molar-refractivity contribution in [2.75, 3.05) is 6.54 Å². The summed E-state index contributed by atoms with van der Waals surface area (Å²) < 4.78 is 0.696. The first-order valence-electron chi connectivity index (χ1n) is 5.21. The first-order valence-corrected chi connectivity index (χ1v) is 6.01. The third-order valence-electron chi connectivity index (χ3n) is 2.85. The van der Waals surface area contributed by atoms with Crippen LogP contribution in [0.5, 0.6) is 0 Å². The molecule has 4 nitrogen and oxygen atoms in total. The molecule has 0 bridgehead atoms. The van der Waals surface area contributed by atoms with E-state index in [-0.39, 0.29) is 5.91 Å². The highest BCUT2D eigenvalue weighted by Crippen LogP contribution is 2.30. The molecular weight excluding hydrogens is 272 g/mol. The van der Waals surface area contributed by atoms with Crippen LogP contribution in [0.15, 0.2) is 22.9 Å². The smallest absolute Gasteiger partial charge is 0.252 e. The predicted octanol–water partition coefficient (Wildman–Crippen LogP) is 1.49. The van der Waals surface area contributed by atoms with Gasteiger partial charge < -0.3 is 10.4 Å². The summed E-state index contributed by atoms with van der Waals surface area (Å²) in [5.74, 6) is -0.194. The second-order valence-electron chi connectivity index (χ2n) is 4.13. The van der Waals surface area contributed by atoms with Gasteiger partial charge in [-0.15, -0.1) is 0 Å². The number of aromatic nitrogens is 1. The van der Waals surface area contributed by atoms with Gasteiger partial charge in [-0.3, -0.25) is 4.79 Å². The first kappa shape index (κ1) is 11.5. The monoisotopic (exact) mass is 284 g/mol. The Kier molecular flexibility index (Phi) is 3.25. The Morgan fingerprint density at radius 2 is 2.31 bits per heavy atom. The topological polar surface area (TPSA) is 62.2 Å². The van der Waals surface area contributed by atoms with Gasteiger partial charge in [0, 0.05) is 12.7 Å². The summed E-state index contributed by atoms with van der Waals surface area (Å²) >= 11 is 3.20. The van der Waals surface area contributed by atoms with Gasteiger partial charge >= 0.3 is 0 Å². The quantitative estimate of drug-likeness (QED) is 0.827. The van der Waals surface area contributed by atoms with Crippen molar-refractivity contribution in [1.82, 2.24) is 10.3 Å². The van der Waals surface area contributed by atoms with Gasteiger partial charge in [-0.25, -0.2) is 4.98 Å². The summed E-state index contributed by atoms with van der Waals surface area (Å²) in [5, 5.41) is 12.5. The van der Waals surface area contributed by atoms with Crippen LogP contribution >= 0.6 is 15.9 Å². The molecule has 1 aliphatic rings. The fourth-order valence-electron chi connectivity index (χ4n) is 1.62. The van der Waals surface area contributed by atoms with Crippen molar-refractivity contribution in [2.24, 2.45) is 0 Å². The molecule has 1 heterocycles.